The predicted octanol–water partition coefficient (Wildman–Crippen LogP) is 0.692. The minimum absolute atomic E-state index is 0.266. The Balaban J connectivity index is 0.000000362. The van der Waals surface area contributed by atoms with E-state index in [1.807, 2.05) is 0 Å². The molecule has 0 unspecified atom stereocenters. The molecule has 0 amide bonds. The third-order valence-corrected chi connectivity index (χ3v) is 2.51. The Hall–Kier alpha value is -1.17. The summed E-state index contributed by atoms with van der Waals surface area (Å²) >= 11 is 0. The van der Waals surface area contributed by atoms with Gasteiger partial charge in [-0.25, -0.2) is 8.42 Å². The van der Waals surface area contributed by atoms with Crippen LogP contribution in [0.15, 0.2) is 24.3 Å². The van der Waals surface area contributed by atoms with Crippen molar-refractivity contribution in [3.63, 3.8) is 0 Å². The molecule has 0 spiro atoms. The lowest BCUT2D eigenvalue weighted by Gasteiger charge is -2.05. The highest BCUT2D eigenvalue weighted by atomic mass is 35.7. The Labute approximate surface area is 111 Å². The Morgan fingerprint density at radius 1 is 1.26 bits per heavy atom. The molecule has 0 saturated heterocycles. The monoisotopic (exact) mass is 321 g/mol. The first-order valence-corrected chi connectivity index (χ1v) is 6.64. The van der Waals surface area contributed by atoms with Crippen LogP contribution in [0.2, 0.25) is 0 Å². The molecule has 19 heavy (non-hydrogen) atoms. The van der Waals surface area contributed by atoms with Crippen molar-refractivity contribution >= 4 is 32.7 Å². The van der Waals surface area contributed by atoms with E-state index in [0.717, 1.165) is 0 Å². The van der Waals surface area contributed by atoms with Gasteiger partial charge in [0, 0.05) is 10.7 Å². The molecule has 1 rings (SSSR count). The molecule has 0 aliphatic carbocycles. The van der Waals surface area contributed by atoms with E-state index < -0.39 is 21.9 Å². The third kappa shape index (κ3) is 7.11. The zero-order valence-electron chi connectivity index (χ0n) is 9.00. The zero-order chi connectivity index (χ0) is 15.3. The molecule has 0 radical (unpaired) electrons. The molecule has 0 heterocycles. The maximum Gasteiger partial charge on any atom is 0.707 e. The first kappa shape index (κ1) is 17.8. The van der Waals surface area contributed by atoms with Gasteiger partial charge in [0.1, 0.15) is 5.75 Å². The van der Waals surface area contributed by atoms with Gasteiger partial charge >= 0.3 is 21.9 Å². The smallest absolute Gasteiger partial charge is 0.510 e. The van der Waals surface area contributed by atoms with Crippen molar-refractivity contribution in [1.82, 2.24) is 0 Å². The molecule has 0 bridgehead atoms. The Bertz CT molecular complexity index is 510. The molecule has 0 atom stereocenters. The number of alkyl halides is 3. The lowest BCUT2D eigenvalue weighted by Crippen LogP contribution is -2.21. The molecular weight excluding hydrogens is 313 g/mol. The maximum atomic E-state index is 10.8. The summed E-state index contributed by atoms with van der Waals surface area (Å²) in [5.74, 6) is 0.266. The van der Waals surface area contributed by atoms with Gasteiger partial charge in [0.2, 0.25) is 0 Å². The number of hydrogen-bond acceptors (Lipinski definition) is 6. The second-order valence-electron chi connectivity index (χ2n) is 2.87. The molecule has 0 fully saturated rings. The molecule has 0 aliphatic rings. The van der Waals surface area contributed by atoms with Crippen LogP contribution >= 0.6 is 10.7 Å². The van der Waals surface area contributed by atoms with Gasteiger partial charge in [-0.3, -0.25) is 0 Å². The molecule has 0 saturated carbocycles. The molecule has 0 aliphatic heterocycles. The topological polar surface area (TPSA) is 110 Å². The van der Waals surface area contributed by atoms with Crippen molar-refractivity contribution in [2.24, 2.45) is 0 Å². The molecule has 1 aromatic carbocycles. The highest BCUT2D eigenvalue weighted by Gasteiger charge is 2.44. The van der Waals surface area contributed by atoms with E-state index in [1.165, 1.54) is 0 Å². The summed E-state index contributed by atoms with van der Waals surface area (Å²) in [4.78, 5) is 0. The number of nitrogens with two attached hydrogens (primary N) is 1. The first-order chi connectivity index (χ1) is 8.45. The number of hydrogen-bond donors (Lipinski definition) is 3. The zero-order valence-corrected chi connectivity index (χ0v) is 10.6. The summed E-state index contributed by atoms with van der Waals surface area (Å²) in [5, 5.41) is 16.8. The van der Waals surface area contributed by atoms with E-state index in [2.05, 4.69) is 15.3 Å². The molecule has 1 aromatic rings. The fraction of sp³-hybridized carbons (Fsp3) is 0.143. The largest absolute Gasteiger partial charge is 0.707 e. The first-order valence-electron chi connectivity index (χ1n) is 4.33. The predicted molar refractivity (Wildman–Crippen MR) is 62.5 cm³/mol. The number of rotatable bonds is 2. The van der Waals surface area contributed by atoms with Crippen LogP contribution in [0.3, 0.4) is 0 Å². The van der Waals surface area contributed by atoms with Crippen LogP contribution in [0.4, 0.5) is 18.9 Å². The van der Waals surface area contributed by atoms with Crippen LogP contribution in [0.25, 0.3) is 0 Å². The second kappa shape index (κ2) is 6.84. The van der Waals surface area contributed by atoms with Crippen LogP contribution in [0, 0.1) is 0 Å². The van der Waals surface area contributed by atoms with Gasteiger partial charge in [-0.2, -0.15) is 13.2 Å². The van der Waals surface area contributed by atoms with Crippen molar-refractivity contribution < 1.29 is 36.3 Å². The lowest BCUT2D eigenvalue weighted by atomic mass is 10.2. The van der Waals surface area contributed by atoms with E-state index in [9.17, 15) is 21.6 Å². The number of nitrogen functional groups attached to an aromatic ring is 1. The fourth-order valence-electron chi connectivity index (χ4n) is 0.701. The highest BCUT2D eigenvalue weighted by Crippen LogP contribution is 2.25. The normalized spacial score (nSPS) is 11.3. The average molecular weight is 321 g/mol. The fourth-order valence-corrected chi connectivity index (χ4v) is 0.701. The van der Waals surface area contributed by atoms with E-state index in [4.69, 9.17) is 15.8 Å². The summed E-state index contributed by atoms with van der Waals surface area (Å²) < 4.78 is 55.6. The number of benzene rings is 1. The lowest BCUT2D eigenvalue weighted by molar-refractivity contribution is -0.0412. The Morgan fingerprint density at radius 3 is 2.00 bits per heavy atom. The molecule has 4 N–H and O–H groups in total. The average Bonchev–Trinajstić information content (AvgIpc) is 2.18. The highest BCUT2D eigenvalue weighted by molar-refractivity contribution is 8.14. The number of anilines is 1. The summed E-state index contributed by atoms with van der Waals surface area (Å²) in [6.45, 7) is 0. The van der Waals surface area contributed by atoms with Gasteiger partial charge in [0.05, 0.1) is 5.69 Å². The van der Waals surface area contributed by atoms with Crippen molar-refractivity contribution in [2.45, 2.75) is 5.51 Å². The summed E-state index contributed by atoms with van der Waals surface area (Å²) in [6.07, 6.45) is 0. The minimum atomic E-state index is -5.37. The molecule has 108 valence electrons. The quantitative estimate of drug-likeness (QED) is 0.420. The molecule has 6 nitrogen and oxygen atoms in total. The van der Waals surface area contributed by atoms with Crippen LogP contribution in [-0.4, -0.2) is 31.3 Å². The molecular formula is C7H8BClF3NO5S. The van der Waals surface area contributed by atoms with E-state index >= 15 is 0 Å². The van der Waals surface area contributed by atoms with Crippen LogP contribution in [-0.2, 0) is 9.05 Å². The van der Waals surface area contributed by atoms with Crippen LogP contribution < -0.4 is 10.4 Å². The van der Waals surface area contributed by atoms with Crippen molar-refractivity contribution in [1.29, 1.82) is 0 Å². The second-order valence-corrected chi connectivity index (χ2v) is 5.42. The number of halogens is 4. The Morgan fingerprint density at radius 2 is 1.68 bits per heavy atom. The van der Waals surface area contributed by atoms with E-state index in [-0.39, 0.29) is 5.75 Å². The van der Waals surface area contributed by atoms with Gasteiger partial charge in [0.25, 0.3) is 0 Å². The Kier molecular flexibility index (Phi) is 6.42. The van der Waals surface area contributed by atoms with Crippen LogP contribution in [0.1, 0.15) is 0 Å². The maximum absolute atomic E-state index is 10.8. The van der Waals surface area contributed by atoms with Gasteiger partial charge in [-0.15, -0.1) is 0 Å². The van der Waals surface area contributed by atoms with Gasteiger partial charge in [-0.1, -0.05) is 12.1 Å². The molecule has 12 heteroatoms. The summed E-state index contributed by atoms with van der Waals surface area (Å²) in [7, 11) is -3.33. The number of para-hydroxylation sites is 2. The van der Waals surface area contributed by atoms with Gasteiger partial charge < -0.3 is 20.4 Å². The third-order valence-electron chi connectivity index (χ3n) is 1.43. The SMILES string of the molecule is Nc1ccccc1OB(O)O.O=S(=O)(Cl)C(F)(F)F. The van der Waals surface area contributed by atoms with Gasteiger partial charge in [-0.05, 0) is 12.1 Å². The van der Waals surface area contributed by atoms with E-state index in [1.54, 1.807) is 24.3 Å². The standard InChI is InChI=1S/C6H8BNO3.CClF3O2S/c8-5-3-1-2-4-6(5)11-7(9)10;2-8(6,7)1(3,4)5/h1-4,9-10H,8H2;. The van der Waals surface area contributed by atoms with Crippen molar-refractivity contribution in [2.75, 3.05) is 5.73 Å². The van der Waals surface area contributed by atoms with Crippen molar-refractivity contribution in [3.05, 3.63) is 24.3 Å². The van der Waals surface area contributed by atoms with Crippen LogP contribution in [0.5, 0.6) is 5.75 Å². The minimum Gasteiger partial charge on any atom is -0.510 e. The summed E-state index contributed by atoms with van der Waals surface area (Å²) in [6, 6.07) is 6.58. The summed E-state index contributed by atoms with van der Waals surface area (Å²) in [5.41, 5.74) is 0.472. The van der Waals surface area contributed by atoms with Crippen molar-refractivity contribution in [3.8, 4) is 5.75 Å². The van der Waals surface area contributed by atoms with E-state index in [0.29, 0.717) is 5.69 Å². The van der Waals surface area contributed by atoms with Gasteiger partial charge in [0.15, 0.2) is 0 Å². The molecule has 0 aromatic heterocycles.